The van der Waals surface area contributed by atoms with Crippen LogP contribution in [0.3, 0.4) is 0 Å². The van der Waals surface area contributed by atoms with Gasteiger partial charge in [0.05, 0.1) is 12.1 Å². The molecule has 0 heterocycles. The highest BCUT2D eigenvalue weighted by Gasteiger charge is 2.22. The molecule has 158 valence electrons. The Morgan fingerprint density at radius 3 is 1.84 bits per heavy atom. The van der Waals surface area contributed by atoms with Crippen LogP contribution >= 0.6 is 0 Å². The molecule has 4 aromatic rings. The van der Waals surface area contributed by atoms with Crippen LogP contribution in [0.1, 0.15) is 28.2 Å². The van der Waals surface area contributed by atoms with Crippen LogP contribution < -0.4 is 10.2 Å². The summed E-state index contributed by atoms with van der Waals surface area (Å²) in [5.74, 6) is 0.174. The topological polar surface area (TPSA) is 50.7 Å². The zero-order valence-corrected chi connectivity index (χ0v) is 17.6. The van der Waals surface area contributed by atoms with Crippen molar-refractivity contribution in [1.29, 1.82) is 0 Å². The summed E-state index contributed by atoms with van der Waals surface area (Å²) in [6.07, 6.45) is 1.63. The first-order valence-corrected chi connectivity index (χ1v) is 10.5. The maximum atomic E-state index is 13.0. The summed E-state index contributed by atoms with van der Waals surface area (Å²) in [5, 5.41) is 4.17. The Balaban J connectivity index is 1.38. The monoisotopic (exact) mass is 420 g/mol. The Kier molecular flexibility index (Phi) is 7.06. The highest BCUT2D eigenvalue weighted by molar-refractivity contribution is 5.88. The van der Waals surface area contributed by atoms with Gasteiger partial charge in [0.1, 0.15) is 12.4 Å². The smallest absolute Gasteiger partial charge is 0.252 e. The van der Waals surface area contributed by atoms with Crippen molar-refractivity contribution >= 4 is 12.1 Å². The predicted molar refractivity (Wildman–Crippen MR) is 128 cm³/mol. The van der Waals surface area contributed by atoms with E-state index in [1.165, 1.54) is 0 Å². The predicted octanol–water partition coefficient (Wildman–Crippen LogP) is 5.55. The molecule has 0 unspecified atom stereocenters. The third kappa shape index (κ3) is 5.70. The van der Waals surface area contributed by atoms with Gasteiger partial charge in [0, 0.05) is 0 Å². The van der Waals surface area contributed by atoms with Crippen LogP contribution in [0, 0.1) is 0 Å². The van der Waals surface area contributed by atoms with Crippen LogP contribution in [-0.4, -0.2) is 12.1 Å². The normalized spacial score (nSPS) is 10.9. The summed E-state index contributed by atoms with van der Waals surface area (Å²) in [6.45, 7) is 0.519. The first kappa shape index (κ1) is 21.1. The van der Waals surface area contributed by atoms with Crippen molar-refractivity contribution in [2.75, 3.05) is 0 Å². The maximum Gasteiger partial charge on any atom is 0.252 e. The number of carbonyl (C=O) groups is 1. The van der Waals surface area contributed by atoms with E-state index in [0.717, 1.165) is 28.0 Å². The lowest BCUT2D eigenvalue weighted by Gasteiger charge is -2.16. The summed E-state index contributed by atoms with van der Waals surface area (Å²) in [5.41, 5.74) is 6.52. The molecular weight excluding hydrogens is 396 g/mol. The molecule has 0 saturated heterocycles. The van der Waals surface area contributed by atoms with Crippen LogP contribution in [0.25, 0.3) is 0 Å². The fraction of sp³-hybridized carbons (Fsp3) is 0.0714. The van der Waals surface area contributed by atoms with Gasteiger partial charge in [0.15, 0.2) is 0 Å². The number of nitrogens with zero attached hydrogens (tertiary/aromatic N) is 1. The van der Waals surface area contributed by atoms with Gasteiger partial charge in [-0.15, -0.1) is 0 Å². The Morgan fingerprint density at radius 2 is 1.28 bits per heavy atom. The van der Waals surface area contributed by atoms with Gasteiger partial charge in [-0.3, -0.25) is 4.79 Å². The lowest BCUT2D eigenvalue weighted by atomic mass is 9.91. The van der Waals surface area contributed by atoms with E-state index >= 15 is 0 Å². The van der Waals surface area contributed by atoms with Crippen LogP contribution in [0.5, 0.6) is 5.75 Å². The van der Waals surface area contributed by atoms with E-state index in [0.29, 0.717) is 6.61 Å². The van der Waals surface area contributed by atoms with Crippen molar-refractivity contribution < 1.29 is 9.53 Å². The molecule has 1 N–H and O–H groups in total. The van der Waals surface area contributed by atoms with E-state index < -0.39 is 5.92 Å². The standard InChI is InChI=1S/C28H24N2O2/c31-28(27(24-12-6-2-7-13-24)25-14-8-3-9-15-25)30-29-20-22-16-18-26(19-17-22)32-21-23-10-4-1-5-11-23/h1-20,27H,21H2,(H,30,31)/b29-20-. The lowest BCUT2D eigenvalue weighted by Crippen LogP contribution is -2.26. The number of ether oxygens (including phenoxy) is 1. The molecular formula is C28H24N2O2. The van der Waals surface area contributed by atoms with Crippen molar-refractivity contribution in [2.45, 2.75) is 12.5 Å². The Morgan fingerprint density at radius 1 is 0.750 bits per heavy atom. The van der Waals surface area contributed by atoms with Crippen molar-refractivity contribution in [2.24, 2.45) is 5.10 Å². The fourth-order valence-corrected chi connectivity index (χ4v) is 3.41. The van der Waals surface area contributed by atoms with E-state index in [-0.39, 0.29) is 5.91 Å². The molecule has 0 aliphatic carbocycles. The summed E-state index contributed by atoms with van der Waals surface area (Å²) < 4.78 is 5.80. The minimum Gasteiger partial charge on any atom is -0.489 e. The number of hydrogen-bond donors (Lipinski definition) is 1. The fourth-order valence-electron chi connectivity index (χ4n) is 3.41. The number of hydrazone groups is 1. The molecule has 0 bridgehead atoms. The zero-order valence-electron chi connectivity index (χ0n) is 17.6. The van der Waals surface area contributed by atoms with E-state index in [1.54, 1.807) is 6.21 Å². The highest BCUT2D eigenvalue weighted by Crippen LogP contribution is 2.24. The molecule has 0 radical (unpaired) electrons. The first-order valence-electron chi connectivity index (χ1n) is 10.5. The van der Waals surface area contributed by atoms with Crippen LogP contribution in [0.2, 0.25) is 0 Å². The molecule has 4 heteroatoms. The average Bonchev–Trinajstić information content (AvgIpc) is 2.86. The van der Waals surface area contributed by atoms with Gasteiger partial charge in [-0.1, -0.05) is 91.0 Å². The number of carbonyl (C=O) groups excluding carboxylic acids is 1. The first-order chi connectivity index (χ1) is 15.8. The highest BCUT2D eigenvalue weighted by atomic mass is 16.5. The second-order valence-corrected chi connectivity index (χ2v) is 7.33. The molecule has 0 spiro atoms. The molecule has 1 amide bonds. The summed E-state index contributed by atoms with van der Waals surface area (Å²) in [6, 6.07) is 37.0. The zero-order chi connectivity index (χ0) is 22.0. The van der Waals surface area contributed by atoms with Crippen LogP contribution in [0.15, 0.2) is 120 Å². The molecule has 0 saturated carbocycles. The molecule has 4 rings (SSSR count). The van der Waals surface area contributed by atoms with Crippen LogP contribution in [-0.2, 0) is 11.4 Å². The van der Waals surface area contributed by atoms with Crippen molar-refractivity contribution in [3.63, 3.8) is 0 Å². The number of nitrogens with one attached hydrogen (secondary N) is 1. The molecule has 0 aliphatic rings. The van der Waals surface area contributed by atoms with Gasteiger partial charge in [-0.2, -0.15) is 5.10 Å². The van der Waals surface area contributed by atoms with E-state index in [2.05, 4.69) is 10.5 Å². The second-order valence-electron chi connectivity index (χ2n) is 7.33. The average molecular weight is 421 g/mol. The summed E-state index contributed by atoms with van der Waals surface area (Å²) in [7, 11) is 0. The van der Waals surface area contributed by atoms with E-state index in [4.69, 9.17) is 4.74 Å². The minimum absolute atomic E-state index is 0.179. The van der Waals surface area contributed by atoms with Crippen molar-refractivity contribution in [3.05, 3.63) is 138 Å². The van der Waals surface area contributed by atoms with Gasteiger partial charge in [0.2, 0.25) is 0 Å². The Bertz CT molecular complexity index is 1100. The number of rotatable bonds is 8. The quantitative estimate of drug-likeness (QED) is 0.300. The maximum absolute atomic E-state index is 13.0. The third-order valence-electron chi connectivity index (χ3n) is 5.04. The summed E-state index contributed by atoms with van der Waals surface area (Å²) >= 11 is 0. The number of hydrogen-bond acceptors (Lipinski definition) is 3. The lowest BCUT2D eigenvalue weighted by molar-refractivity contribution is -0.121. The van der Waals surface area contributed by atoms with Crippen molar-refractivity contribution in [3.8, 4) is 5.75 Å². The largest absolute Gasteiger partial charge is 0.489 e. The van der Waals surface area contributed by atoms with Gasteiger partial charge >= 0.3 is 0 Å². The van der Waals surface area contributed by atoms with Gasteiger partial charge in [-0.25, -0.2) is 5.43 Å². The molecule has 0 fully saturated rings. The van der Waals surface area contributed by atoms with E-state index in [9.17, 15) is 4.79 Å². The Labute approximate surface area is 188 Å². The minimum atomic E-state index is -0.427. The third-order valence-corrected chi connectivity index (χ3v) is 5.04. The van der Waals surface area contributed by atoms with Crippen LogP contribution in [0.4, 0.5) is 0 Å². The molecule has 0 aliphatic heterocycles. The second kappa shape index (κ2) is 10.7. The molecule has 4 aromatic carbocycles. The van der Waals surface area contributed by atoms with Gasteiger partial charge in [-0.05, 0) is 46.5 Å². The molecule has 4 nitrogen and oxygen atoms in total. The van der Waals surface area contributed by atoms with Gasteiger partial charge in [0.25, 0.3) is 5.91 Å². The molecule has 0 atom stereocenters. The SMILES string of the molecule is O=C(N/N=C\c1ccc(OCc2ccccc2)cc1)C(c1ccccc1)c1ccccc1. The molecule has 32 heavy (non-hydrogen) atoms. The summed E-state index contributed by atoms with van der Waals surface area (Å²) in [4.78, 5) is 13.0. The van der Waals surface area contributed by atoms with E-state index in [1.807, 2.05) is 115 Å². The number of benzene rings is 4. The Hall–Kier alpha value is -4.18. The molecule has 0 aromatic heterocycles. The number of amides is 1. The van der Waals surface area contributed by atoms with Crippen molar-refractivity contribution in [1.82, 2.24) is 5.43 Å². The van der Waals surface area contributed by atoms with Gasteiger partial charge < -0.3 is 4.74 Å².